The lowest BCUT2D eigenvalue weighted by Gasteiger charge is -2.05. The molecule has 1 aromatic carbocycles. The van der Waals surface area contributed by atoms with Crippen molar-refractivity contribution in [3.05, 3.63) is 66.9 Å². The Morgan fingerprint density at radius 1 is 1.15 bits per heavy atom. The van der Waals surface area contributed by atoms with E-state index in [1.807, 2.05) is 10.8 Å². The Balaban J connectivity index is 1.86. The maximum atomic E-state index is 12.2. The van der Waals surface area contributed by atoms with Crippen LogP contribution in [-0.4, -0.2) is 18.0 Å². The van der Waals surface area contributed by atoms with Crippen molar-refractivity contribution in [3.63, 3.8) is 0 Å². The molecule has 2 heterocycles. The van der Waals surface area contributed by atoms with E-state index in [-0.39, 0.29) is 9.99 Å². The summed E-state index contributed by atoms with van der Waals surface area (Å²) in [5, 5.41) is -0.0418. The molecule has 0 unspecified atom stereocenters. The Morgan fingerprint density at radius 2 is 1.95 bits per heavy atom. The molecule has 5 nitrogen and oxygen atoms in total. The molecule has 0 aliphatic rings. The molecule has 0 fully saturated rings. The normalized spacial score (nSPS) is 11.6. The van der Waals surface area contributed by atoms with E-state index in [9.17, 15) is 8.42 Å². The Hall–Kier alpha value is -2.34. The van der Waals surface area contributed by atoms with Gasteiger partial charge >= 0.3 is 0 Å². The van der Waals surface area contributed by atoms with Gasteiger partial charge in [-0.3, -0.25) is 0 Å². The summed E-state index contributed by atoms with van der Waals surface area (Å²) < 4.78 is 31.3. The van der Waals surface area contributed by atoms with Crippen LogP contribution in [0.2, 0.25) is 0 Å². The number of rotatable bonds is 4. The number of hydrogen-bond donors (Lipinski definition) is 0. The predicted molar refractivity (Wildman–Crippen MR) is 71.9 cm³/mol. The highest BCUT2D eigenvalue weighted by Gasteiger charge is 2.20. The van der Waals surface area contributed by atoms with Gasteiger partial charge in [0.05, 0.1) is 17.5 Å². The average Bonchev–Trinajstić information content (AvgIpc) is 3.12. The van der Waals surface area contributed by atoms with Gasteiger partial charge in [0.15, 0.2) is 0 Å². The first-order valence-electron chi connectivity index (χ1n) is 5.99. The van der Waals surface area contributed by atoms with Crippen molar-refractivity contribution in [1.82, 2.24) is 9.55 Å². The number of imidazole rings is 1. The fourth-order valence-corrected chi connectivity index (χ4v) is 3.06. The van der Waals surface area contributed by atoms with Gasteiger partial charge in [-0.15, -0.1) is 0 Å². The van der Waals surface area contributed by atoms with Crippen LogP contribution in [-0.2, 0) is 16.4 Å². The van der Waals surface area contributed by atoms with Crippen molar-refractivity contribution in [2.75, 3.05) is 0 Å². The quantitative estimate of drug-likeness (QED) is 0.739. The average molecular weight is 288 g/mol. The summed E-state index contributed by atoms with van der Waals surface area (Å²) in [4.78, 5) is 4.19. The molecule has 6 heteroatoms. The van der Waals surface area contributed by atoms with Crippen molar-refractivity contribution in [3.8, 4) is 0 Å². The topological polar surface area (TPSA) is 65.1 Å². The van der Waals surface area contributed by atoms with Crippen molar-refractivity contribution in [2.24, 2.45) is 0 Å². The minimum Gasteiger partial charge on any atom is -0.453 e. The van der Waals surface area contributed by atoms with E-state index in [1.165, 1.54) is 12.3 Å². The Labute approximate surface area is 116 Å². The molecule has 0 spiro atoms. The minimum atomic E-state index is -3.56. The van der Waals surface area contributed by atoms with Crippen LogP contribution in [0.5, 0.6) is 0 Å². The van der Waals surface area contributed by atoms with Crippen LogP contribution in [0.3, 0.4) is 0 Å². The van der Waals surface area contributed by atoms with E-state index < -0.39 is 9.84 Å². The molecule has 0 radical (unpaired) electrons. The molecule has 20 heavy (non-hydrogen) atoms. The first-order chi connectivity index (χ1) is 9.66. The van der Waals surface area contributed by atoms with Crippen molar-refractivity contribution >= 4 is 9.84 Å². The highest BCUT2D eigenvalue weighted by Crippen LogP contribution is 2.21. The SMILES string of the molecule is O=S(=O)(c1ccc(Cn2ccnc2)cc1)c1ccco1. The van der Waals surface area contributed by atoms with Crippen molar-refractivity contribution in [2.45, 2.75) is 16.5 Å². The van der Waals surface area contributed by atoms with E-state index in [4.69, 9.17) is 4.42 Å². The van der Waals surface area contributed by atoms with Gasteiger partial charge in [-0.25, -0.2) is 13.4 Å². The molecule has 0 N–H and O–H groups in total. The summed E-state index contributed by atoms with van der Waals surface area (Å²) in [6.45, 7) is 0.654. The second-order valence-corrected chi connectivity index (χ2v) is 6.20. The highest BCUT2D eigenvalue weighted by atomic mass is 32.2. The van der Waals surface area contributed by atoms with Gasteiger partial charge in [0.2, 0.25) is 14.9 Å². The largest absolute Gasteiger partial charge is 0.453 e. The van der Waals surface area contributed by atoms with E-state index in [2.05, 4.69) is 4.98 Å². The Kier molecular flexibility index (Phi) is 3.15. The monoisotopic (exact) mass is 288 g/mol. The number of aromatic nitrogens is 2. The van der Waals surface area contributed by atoms with Gasteiger partial charge in [0.1, 0.15) is 0 Å². The second kappa shape index (κ2) is 4.97. The van der Waals surface area contributed by atoms with Crippen LogP contribution in [0.25, 0.3) is 0 Å². The van der Waals surface area contributed by atoms with Crippen LogP contribution < -0.4 is 0 Å². The molecule has 0 bridgehead atoms. The van der Waals surface area contributed by atoms with Crippen molar-refractivity contribution in [1.29, 1.82) is 0 Å². The third-order valence-corrected chi connectivity index (χ3v) is 4.57. The molecule has 0 atom stereocenters. The Morgan fingerprint density at radius 3 is 2.55 bits per heavy atom. The lowest BCUT2D eigenvalue weighted by Crippen LogP contribution is -2.01. The van der Waals surface area contributed by atoms with E-state index >= 15 is 0 Å². The molecule has 0 amide bonds. The molecule has 0 saturated carbocycles. The molecule has 2 aromatic heterocycles. The molecule has 3 aromatic rings. The lowest BCUT2D eigenvalue weighted by molar-refractivity contribution is 0.450. The van der Waals surface area contributed by atoms with E-state index in [0.29, 0.717) is 6.54 Å². The third-order valence-electron chi connectivity index (χ3n) is 2.92. The summed E-state index contributed by atoms with van der Waals surface area (Å²) in [6, 6.07) is 9.74. The maximum absolute atomic E-state index is 12.2. The first-order valence-corrected chi connectivity index (χ1v) is 7.48. The van der Waals surface area contributed by atoms with Gasteiger partial charge in [-0.2, -0.15) is 0 Å². The second-order valence-electron chi connectivity index (χ2n) is 4.31. The zero-order chi connectivity index (χ0) is 14.0. The lowest BCUT2D eigenvalue weighted by atomic mass is 10.2. The molecule has 0 aliphatic carbocycles. The number of nitrogens with zero attached hydrogens (tertiary/aromatic N) is 2. The van der Waals surface area contributed by atoms with Gasteiger partial charge in [-0.05, 0) is 29.8 Å². The number of furan rings is 1. The molecular formula is C14H12N2O3S. The zero-order valence-electron chi connectivity index (χ0n) is 10.5. The molecule has 0 saturated heterocycles. The van der Waals surface area contributed by atoms with Crippen LogP contribution in [0.4, 0.5) is 0 Å². The minimum absolute atomic E-state index is 0.0418. The van der Waals surface area contributed by atoms with Gasteiger partial charge in [0.25, 0.3) is 0 Å². The molecule has 0 aliphatic heterocycles. The number of hydrogen-bond acceptors (Lipinski definition) is 4. The summed E-state index contributed by atoms with van der Waals surface area (Å²) in [6.07, 6.45) is 6.62. The van der Waals surface area contributed by atoms with Crippen LogP contribution in [0, 0.1) is 0 Å². The summed E-state index contributed by atoms with van der Waals surface area (Å²) in [5.41, 5.74) is 1.00. The van der Waals surface area contributed by atoms with Gasteiger partial charge in [0, 0.05) is 18.9 Å². The third kappa shape index (κ3) is 2.37. The standard InChI is InChI=1S/C14H12N2O3S/c17-20(18,14-2-1-9-19-14)13-5-3-12(4-6-13)10-16-8-7-15-11-16/h1-9,11H,10H2. The van der Waals surface area contributed by atoms with E-state index in [0.717, 1.165) is 5.56 Å². The fraction of sp³-hybridized carbons (Fsp3) is 0.0714. The zero-order valence-corrected chi connectivity index (χ0v) is 11.3. The van der Waals surface area contributed by atoms with Crippen LogP contribution in [0.1, 0.15) is 5.56 Å². The molecule has 3 rings (SSSR count). The maximum Gasteiger partial charge on any atom is 0.239 e. The summed E-state index contributed by atoms with van der Waals surface area (Å²) >= 11 is 0. The van der Waals surface area contributed by atoms with E-state index in [1.54, 1.807) is 42.9 Å². The fourth-order valence-electron chi connectivity index (χ4n) is 1.90. The summed E-state index contributed by atoms with van der Waals surface area (Å²) in [5.74, 6) is 0. The number of benzene rings is 1. The van der Waals surface area contributed by atoms with Crippen molar-refractivity contribution < 1.29 is 12.8 Å². The molecule has 102 valence electrons. The smallest absolute Gasteiger partial charge is 0.239 e. The predicted octanol–water partition coefficient (Wildman–Crippen LogP) is 2.36. The van der Waals surface area contributed by atoms with Crippen LogP contribution in [0.15, 0.2) is 75.8 Å². The summed E-state index contributed by atoms with van der Waals surface area (Å²) in [7, 11) is -3.56. The Bertz CT molecular complexity index is 774. The van der Waals surface area contributed by atoms with Gasteiger partial charge in [-0.1, -0.05) is 12.1 Å². The van der Waals surface area contributed by atoms with Crippen LogP contribution >= 0.6 is 0 Å². The van der Waals surface area contributed by atoms with Gasteiger partial charge < -0.3 is 8.98 Å². The molecular weight excluding hydrogens is 276 g/mol. The number of sulfone groups is 1. The first kappa shape index (κ1) is 12.7. The highest BCUT2D eigenvalue weighted by molar-refractivity contribution is 7.91.